The fraction of sp³-hybridized carbons (Fsp3) is 0.235. The van der Waals surface area contributed by atoms with E-state index in [1.54, 1.807) is 43.3 Å². The lowest BCUT2D eigenvalue weighted by molar-refractivity contribution is -0.140. The molecule has 0 spiro atoms. The van der Waals surface area contributed by atoms with E-state index in [0.29, 0.717) is 16.1 Å². The highest BCUT2D eigenvalue weighted by molar-refractivity contribution is 7.92. The number of carbonyl (C=O) groups excluding carboxylic acids is 2. The van der Waals surface area contributed by atoms with Crippen molar-refractivity contribution in [3.63, 3.8) is 0 Å². The van der Waals surface area contributed by atoms with E-state index in [9.17, 15) is 22.4 Å². The fourth-order valence-electron chi connectivity index (χ4n) is 4.85. The van der Waals surface area contributed by atoms with Crippen molar-refractivity contribution in [2.24, 2.45) is 0 Å². The van der Waals surface area contributed by atoms with Gasteiger partial charge < -0.3 is 10.2 Å². The van der Waals surface area contributed by atoms with Gasteiger partial charge in [0.1, 0.15) is 18.4 Å². The second-order valence-corrected chi connectivity index (χ2v) is 13.1. The number of hydrogen-bond donors (Lipinski definition) is 1. The first-order chi connectivity index (χ1) is 21.0. The summed E-state index contributed by atoms with van der Waals surface area (Å²) in [6.45, 7) is 4.70. The number of amides is 2. The van der Waals surface area contributed by atoms with Crippen molar-refractivity contribution in [1.82, 2.24) is 10.2 Å². The molecule has 0 heterocycles. The zero-order valence-corrected chi connectivity index (χ0v) is 26.4. The molecule has 4 aromatic rings. The molecule has 10 heteroatoms. The van der Waals surface area contributed by atoms with Crippen molar-refractivity contribution in [2.45, 2.75) is 50.7 Å². The minimum absolute atomic E-state index is 0.00520. The number of nitrogens with zero attached hydrogens (tertiary/aromatic N) is 2. The second-order valence-electron chi connectivity index (χ2n) is 10.8. The van der Waals surface area contributed by atoms with E-state index in [4.69, 9.17) is 11.6 Å². The van der Waals surface area contributed by atoms with E-state index < -0.39 is 34.3 Å². The predicted octanol–water partition coefficient (Wildman–Crippen LogP) is 6.15. The van der Waals surface area contributed by atoms with Crippen molar-refractivity contribution < 1.29 is 22.4 Å². The molecule has 7 nitrogen and oxygen atoms in total. The van der Waals surface area contributed by atoms with E-state index >= 15 is 0 Å². The summed E-state index contributed by atoms with van der Waals surface area (Å²) in [5, 5.41) is 3.33. The Hall–Kier alpha value is -4.21. The maximum Gasteiger partial charge on any atom is 0.264 e. The van der Waals surface area contributed by atoms with Crippen molar-refractivity contribution in [1.29, 1.82) is 0 Å². The van der Waals surface area contributed by atoms with Crippen molar-refractivity contribution in [3.05, 3.63) is 131 Å². The molecule has 0 fully saturated rings. The Bertz CT molecular complexity index is 1690. The summed E-state index contributed by atoms with van der Waals surface area (Å²) in [5.41, 5.74) is 2.22. The molecule has 1 N–H and O–H groups in total. The van der Waals surface area contributed by atoms with Crippen LogP contribution in [-0.2, 0) is 32.6 Å². The van der Waals surface area contributed by atoms with Gasteiger partial charge in [-0.1, -0.05) is 72.3 Å². The first-order valence-electron chi connectivity index (χ1n) is 14.2. The van der Waals surface area contributed by atoms with Crippen molar-refractivity contribution in [2.75, 3.05) is 10.8 Å². The van der Waals surface area contributed by atoms with E-state index in [-0.39, 0.29) is 35.5 Å². The Morgan fingerprint density at radius 1 is 0.864 bits per heavy atom. The molecule has 1 atom stereocenters. The molecule has 0 aromatic heterocycles. The monoisotopic (exact) mass is 635 g/mol. The zero-order chi connectivity index (χ0) is 31.9. The quantitative estimate of drug-likeness (QED) is 0.202. The van der Waals surface area contributed by atoms with Gasteiger partial charge >= 0.3 is 0 Å². The van der Waals surface area contributed by atoms with Crippen LogP contribution in [0.1, 0.15) is 30.5 Å². The summed E-state index contributed by atoms with van der Waals surface area (Å²) in [7, 11) is -4.23. The molecule has 4 aromatic carbocycles. The minimum Gasteiger partial charge on any atom is -0.352 e. The fourth-order valence-corrected chi connectivity index (χ4v) is 6.58. The number of aryl methyl sites for hydroxylation is 1. The third-order valence-electron chi connectivity index (χ3n) is 7.01. The molecule has 0 bridgehead atoms. The van der Waals surface area contributed by atoms with Gasteiger partial charge in [-0.3, -0.25) is 13.9 Å². The minimum atomic E-state index is -4.23. The first kappa shape index (κ1) is 32.7. The standard InChI is InChI=1S/C34H35ClFN3O4S/c1-24(2)37-34(41)32(21-26-10-6-4-7-11-26)38(22-27-14-17-29(36)18-15-27)33(40)23-39(31-19-16-28(35)20-25(31)3)44(42,43)30-12-8-5-9-13-30/h4-20,24,32H,21-23H2,1-3H3,(H,37,41). The summed E-state index contributed by atoms with van der Waals surface area (Å²) in [4.78, 5) is 29.5. The Balaban J connectivity index is 1.82. The number of carbonyl (C=O) groups is 2. The maximum absolute atomic E-state index is 14.4. The highest BCUT2D eigenvalue weighted by atomic mass is 35.5. The Labute approximate surface area is 263 Å². The molecule has 1 unspecified atom stereocenters. The van der Waals surface area contributed by atoms with E-state index in [1.165, 1.54) is 41.3 Å². The van der Waals surface area contributed by atoms with Crippen LogP contribution in [0.5, 0.6) is 0 Å². The predicted molar refractivity (Wildman–Crippen MR) is 171 cm³/mol. The zero-order valence-electron chi connectivity index (χ0n) is 24.8. The number of anilines is 1. The molecule has 0 saturated heterocycles. The normalized spacial score (nSPS) is 12.0. The van der Waals surface area contributed by atoms with Gasteiger partial charge in [0.15, 0.2) is 0 Å². The summed E-state index contributed by atoms with van der Waals surface area (Å²) < 4.78 is 43.0. The SMILES string of the molecule is Cc1cc(Cl)ccc1N(CC(=O)N(Cc1ccc(F)cc1)C(Cc1ccccc1)C(=O)NC(C)C)S(=O)(=O)c1ccccc1. The van der Waals surface area contributed by atoms with Crippen LogP contribution in [0.3, 0.4) is 0 Å². The Morgan fingerprint density at radius 3 is 2.07 bits per heavy atom. The summed E-state index contributed by atoms with van der Waals surface area (Å²) in [6.07, 6.45) is 0.178. The van der Waals surface area contributed by atoms with Crippen LogP contribution < -0.4 is 9.62 Å². The third-order valence-corrected chi connectivity index (χ3v) is 9.01. The van der Waals surface area contributed by atoms with Crippen LogP contribution >= 0.6 is 11.6 Å². The van der Waals surface area contributed by atoms with Crippen LogP contribution in [0, 0.1) is 12.7 Å². The molecule has 4 rings (SSSR count). The number of benzene rings is 4. The molecular weight excluding hydrogens is 601 g/mol. The van der Waals surface area contributed by atoms with Crippen LogP contribution in [-0.4, -0.2) is 43.8 Å². The lowest BCUT2D eigenvalue weighted by Crippen LogP contribution is -2.54. The molecule has 0 aliphatic carbocycles. The van der Waals surface area contributed by atoms with Crippen LogP contribution in [0.2, 0.25) is 5.02 Å². The second kappa shape index (κ2) is 14.5. The van der Waals surface area contributed by atoms with Gasteiger partial charge in [-0.15, -0.1) is 0 Å². The van der Waals surface area contributed by atoms with Gasteiger partial charge in [-0.05, 0) is 79.9 Å². The maximum atomic E-state index is 14.4. The van der Waals surface area contributed by atoms with Crippen molar-refractivity contribution in [3.8, 4) is 0 Å². The largest absolute Gasteiger partial charge is 0.352 e. The molecule has 0 aliphatic rings. The first-order valence-corrected chi connectivity index (χ1v) is 16.0. The van der Waals surface area contributed by atoms with E-state index in [0.717, 1.165) is 9.87 Å². The van der Waals surface area contributed by atoms with Gasteiger partial charge in [0.2, 0.25) is 11.8 Å². The number of rotatable bonds is 12. The molecule has 0 aliphatic heterocycles. The van der Waals surface area contributed by atoms with Crippen LogP contribution in [0.25, 0.3) is 0 Å². The van der Waals surface area contributed by atoms with E-state index in [1.807, 2.05) is 44.2 Å². The number of hydrogen-bond acceptors (Lipinski definition) is 4. The van der Waals surface area contributed by atoms with E-state index in [2.05, 4.69) is 5.32 Å². The van der Waals surface area contributed by atoms with Gasteiger partial charge in [0, 0.05) is 24.0 Å². The van der Waals surface area contributed by atoms with Crippen molar-refractivity contribution >= 4 is 39.1 Å². The summed E-state index contributed by atoms with van der Waals surface area (Å²) >= 11 is 6.19. The highest BCUT2D eigenvalue weighted by Crippen LogP contribution is 2.29. The lowest BCUT2D eigenvalue weighted by Gasteiger charge is -2.34. The third kappa shape index (κ3) is 8.24. The number of halogens is 2. The summed E-state index contributed by atoms with van der Waals surface area (Å²) in [5.74, 6) is -1.44. The highest BCUT2D eigenvalue weighted by Gasteiger charge is 2.35. The average Bonchev–Trinajstić information content (AvgIpc) is 2.99. The number of nitrogens with one attached hydrogen (secondary N) is 1. The van der Waals surface area contributed by atoms with Gasteiger partial charge in [0.25, 0.3) is 10.0 Å². The lowest BCUT2D eigenvalue weighted by atomic mass is 10.0. The molecule has 0 saturated carbocycles. The Kier molecular flexibility index (Phi) is 10.8. The average molecular weight is 636 g/mol. The van der Waals surface area contributed by atoms with Gasteiger partial charge in [-0.25, -0.2) is 12.8 Å². The van der Waals surface area contributed by atoms with Crippen LogP contribution in [0.15, 0.2) is 108 Å². The smallest absolute Gasteiger partial charge is 0.264 e. The van der Waals surface area contributed by atoms with Crippen LogP contribution in [0.4, 0.5) is 10.1 Å². The van der Waals surface area contributed by atoms with Gasteiger partial charge in [0.05, 0.1) is 10.6 Å². The Morgan fingerprint density at radius 2 is 1.48 bits per heavy atom. The molecular formula is C34H35ClFN3O4S. The number of sulfonamides is 1. The topological polar surface area (TPSA) is 86.8 Å². The molecule has 44 heavy (non-hydrogen) atoms. The summed E-state index contributed by atoms with van der Waals surface area (Å²) in [6, 6.07) is 26.3. The molecule has 2 amide bonds. The molecule has 230 valence electrons. The van der Waals surface area contributed by atoms with Gasteiger partial charge in [-0.2, -0.15) is 0 Å². The molecule has 0 radical (unpaired) electrons.